The molecule has 0 spiro atoms. The highest BCUT2D eigenvalue weighted by Crippen LogP contribution is 2.33. The summed E-state index contributed by atoms with van der Waals surface area (Å²) < 4.78 is 0. The maximum absolute atomic E-state index is 12.2. The summed E-state index contributed by atoms with van der Waals surface area (Å²) in [5.74, 6) is -1.51. The second-order valence-corrected chi connectivity index (χ2v) is 7.42. The Bertz CT molecular complexity index is 1120. The van der Waals surface area contributed by atoms with Crippen LogP contribution in [0.2, 0.25) is 0 Å². The first-order valence-electron chi connectivity index (χ1n) is 9.97. The number of rotatable bonds is 5. The van der Waals surface area contributed by atoms with Crippen LogP contribution in [0.15, 0.2) is 53.5 Å². The van der Waals surface area contributed by atoms with Crippen LogP contribution in [0.5, 0.6) is 5.75 Å². The predicted octanol–water partition coefficient (Wildman–Crippen LogP) is 3.40. The number of carboxylic acid groups (broad SMARTS) is 1. The van der Waals surface area contributed by atoms with Crippen molar-refractivity contribution in [1.29, 1.82) is 0 Å². The summed E-state index contributed by atoms with van der Waals surface area (Å²) >= 11 is 0. The number of carbonyl (C=O) groups is 1. The number of aromatic hydroxyl groups is 1. The Kier molecular flexibility index (Phi) is 5.27. The zero-order valence-electron chi connectivity index (χ0n) is 16.6. The Morgan fingerprint density at radius 2 is 2.00 bits per heavy atom. The zero-order valence-corrected chi connectivity index (χ0v) is 16.6. The lowest BCUT2D eigenvalue weighted by Crippen LogP contribution is -2.20. The van der Waals surface area contributed by atoms with Gasteiger partial charge in [-0.3, -0.25) is 9.78 Å². The van der Waals surface area contributed by atoms with E-state index in [1.165, 1.54) is 0 Å². The number of aromatic nitrogens is 2. The van der Waals surface area contributed by atoms with Crippen LogP contribution in [-0.4, -0.2) is 39.2 Å². The highest BCUT2D eigenvalue weighted by atomic mass is 16.4. The van der Waals surface area contributed by atoms with Gasteiger partial charge in [-0.1, -0.05) is 25.1 Å². The van der Waals surface area contributed by atoms with Gasteiger partial charge in [0.1, 0.15) is 5.75 Å². The first-order chi connectivity index (χ1) is 14.5. The van der Waals surface area contributed by atoms with Crippen molar-refractivity contribution < 1.29 is 15.0 Å². The molecule has 30 heavy (non-hydrogen) atoms. The molecule has 7 heteroatoms. The van der Waals surface area contributed by atoms with Crippen molar-refractivity contribution in [3.05, 3.63) is 75.8 Å². The lowest BCUT2D eigenvalue weighted by molar-refractivity contribution is 0.0691. The first-order valence-corrected chi connectivity index (χ1v) is 9.97. The molecule has 0 saturated carbocycles. The molecule has 4 rings (SSSR count). The van der Waals surface area contributed by atoms with Crippen LogP contribution in [0.3, 0.4) is 0 Å². The van der Waals surface area contributed by atoms with Gasteiger partial charge in [-0.25, -0.2) is 4.79 Å². The average molecular weight is 405 g/mol. The predicted molar refractivity (Wildman–Crippen MR) is 114 cm³/mol. The molecule has 0 radical (unpaired) electrons. The molecule has 2 aromatic heterocycles. The van der Waals surface area contributed by atoms with E-state index < -0.39 is 22.8 Å². The van der Waals surface area contributed by atoms with Crippen LogP contribution in [-0.2, 0) is 6.42 Å². The lowest BCUT2D eigenvalue weighted by atomic mass is 10.0. The van der Waals surface area contributed by atoms with Gasteiger partial charge in [0.05, 0.1) is 5.69 Å². The molecule has 1 atom stereocenters. The second-order valence-electron chi connectivity index (χ2n) is 7.42. The van der Waals surface area contributed by atoms with Gasteiger partial charge in [-0.05, 0) is 42.7 Å². The minimum Gasteiger partial charge on any atom is -0.506 e. The summed E-state index contributed by atoms with van der Waals surface area (Å²) in [5, 5.41) is 19.5. The number of nitrogens with one attached hydrogen (secondary N) is 1. The standard InChI is InChI=1S/C23H23N3O4/c1-2-17-20(25-22(28)19(21(17)27)23(29)30)14-6-8-16(9-7-14)26-12-10-15(13-26)18-5-3-4-11-24-18/h3-9,11,15H,2,10,12-13H2,1H3,(H,29,30)(H2,25,27,28). The molecule has 1 aliphatic rings. The van der Waals surface area contributed by atoms with Crippen molar-refractivity contribution in [1.82, 2.24) is 9.97 Å². The van der Waals surface area contributed by atoms with E-state index in [0.29, 0.717) is 23.6 Å². The van der Waals surface area contributed by atoms with Gasteiger partial charge < -0.3 is 20.1 Å². The van der Waals surface area contributed by atoms with Crippen molar-refractivity contribution in [3.63, 3.8) is 0 Å². The van der Waals surface area contributed by atoms with E-state index in [1.807, 2.05) is 42.6 Å². The molecular weight excluding hydrogens is 382 g/mol. The zero-order chi connectivity index (χ0) is 21.3. The Labute approximate surface area is 173 Å². The molecule has 3 heterocycles. The van der Waals surface area contributed by atoms with Crippen LogP contribution < -0.4 is 10.5 Å². The van der Waals surface area contributed by atoms with Gasteiger partial charge in [-0.15, -0.1) is 0 Å². The van der Waals surface area contributed by atoms with Crippen molar-refractivity contribution in [2.24, 2.45) is 0 Å². The van der Waals surface area contributed by atoms with Crippen molar-refractivity contribution in [3.8, 4) is 17.0 Å². The van der Waals surface area contributed by atoms with Crippen LogP contribution in [0, 0.1) is 0 Å². The SMILES string of the molecule is CCc1c(-c2ccc(N3CCC(c4ccccn4)C3)cc2)[nH]c(=O)c(C(=O)O)c1O. The molecule has 1 aliphatic heterocycles. The Hall–Kier alpha value is -3.61. The Balaban J connectivity index is 1.60. The molecule has 1 unspecified atom stereocenters. The van der Waals surface area contributed by atoms with Crippen LogP contribution >= 0.6 is 0 Å². The van der Waals surface area contributed by atoms with Crippen molar-refractivity contribution >= 4 is 11.7 Å². The molecule has 7 nitrogen and oxygen atoms in total. The molecule has 3 N–H and O–H groups in total. The van der Waals surface area contributed by atoms with E-state index in [4.69, 9.17) is 0 Å². The summed E-state index contributed by atoms with van der Waals surface area (Å²) in [6.45, 7) is 3.63. The van der Waals surface area contributed by atoms with Crippen molar-refractivity contribution in [2.45, 2.75) is 25.7 Å². The number of carboxylic acids is 1. The van der Waals surface area contributed by atoms with Gasteiger partial charge in [0.15, 0.2) is 5.56 Å². The summed E-state index contributed by atoms with van der Waals surface area (Å²) in [6.07, 6.45) is 3.25. The summed E-state index contributed by atoms with van der Waals surface area (Å²) in [4.78, 5) is 32.9. The van der Waals surface area contributed by atoms with Crippen LogP contribution in [0.1, 0.15) is 40.9 Å². The van der Waals surface area contributed by atoms with E-state index >= 15 is 0 Å². The fourth-order valence-electron chi connectivity index (χ4n) is 4.11. The average Bonchev–Trinajstić information content (AvgIpc) is 3.24. The molecular formula is C23H23N3O4. The fraction of sp³-hybridized carbons (Fsp3) is 0.261. The number of aromatic carboxylic acids is 1. The van der Waals surface area contributed by atoms with E-state index in [9.17, 15) is 19.8 Å². The van der Waals surface area contributed by atoms with Gasteiger partial charge >= 0.3 is 5.97 Å². The van der Waals surface area contributed by atoms with Gasteiger partial charge in [-0.2, -0.15) is 0 Å². The lowest BCUT2D eigenvalue weighted by Gasteiger charge is -2.19. The molecule has 1 fully saturated rings. The van der Waals surface area contributed by atoms with Crippen LogP contribution in [0.25, 0.3) is 11.3 Å². The minimum absolute atomic E-state index is 0.387. The highest BCUT2D eigenvalue weighted by Gasteiger charge is 2.25. The number of H-pyrrole nitrogens is 1. The molecule has 0 amide bonds. The Morgan fingerprint density at radius 1 is 1.23 bits per heavy atom. The number of hydrogen-bond donors (Lipinski definition) is 3. The van der Waals surface area contributed by atoms with E-state index in [0.717, 1.165) is 36.5 Å². The maximum atomic E-state index is 12.2. The molecule has 3 aromatic rings. The number of benzene rings is 1. The normalized spacial score (nSPS) is 16.0. The number of aromatic amines is 1. The van der Waals surface area contributed by atoms with Gasteiger partial charge in [0.25, 0.3) is 5.56 Å². The summed E-state index contributed by atoms with van der Waals surface area (Å²) in [6, 6.07) is 13.7. The molecule has 0 aliphatic carbocycles. The summed E-state index contributed by atoms with van der Waals surface area (Å²) in [7, 11) is 0. The number of pyridine rings is 2. The third kappa shape index (κ3) is 3.54. The topological polar surface area (TPSA) is 107 Å². The van der Waals surface area contributed by atoms with Crippen molar-refractivity contribution in [2.75, 3.05) is 18.0 Å². The third-order valence-electron chi connectivity index (χ3n) is 5.67. The largest absolute Gasteiger partial charge is 0.506 e. The highest BCUT2D eigenvalue weighted by molar-refractivity contribution is 5.92. The third-order valence-corrected chi connectivity index (χ3v) is 5.67. The molecule has 1 saturated heterocycles. The smallest absolute Gasteiger partial charge is 0.345 e. The van der Waals surface area contributed by atoms with Crippen LogP contribution in [0.4, 0.5) is 5.69 Å². The summed E-state index contributed by atoms with van der Waals surface area (Å²) in [5.41, 5.74) is 2.33. The number of anilines is 1. The Morgan fingerprint density at radius 3 is 2.63 bits per heavy atom. The molecule has 154 valence electrons. The quantitative estimate of drug-likeness (QED) is 0.601. The number of hydrogen-bond acceptors (Lipinski definition) is 5. The first kappa shape index (κ1) is 19.7. The monoisotopic (exact) mass is 405 g/mol. The van der Waals surface area contributed by atoms with Gasteiger partial charge in [0, 0.05) is 42.1 Å². The van der Waals surface area contributed by atoms with E-state index in [1.54, 1.807) is 6.92 Å². The van der Waals surface area contributed by atoms with Gasteiger partial charge in [0.2, 0.25) is 0 Å². The van der Waals surface area contributed by atoms with E-state index in [-0.39, 0.29) is 0 Å². The molecule has 1 aromatic carbocycles. The minimum atomic E-state index is -1.44. The second kappa shape index (κ2) is 8.02. The number of nitrogens with zero attached hydrogens (tertiary/aromatic N) is 2. The maximum Gasteiger partial charge on any atom is 0.345 e. The van der Waals surface area contributed by atoms with E-state index in [2.05, 4.69) is 20.9 Å². The molecule has 0 bridgehead atoms. The fourth-order valence-corrected chi connectivity index (χ4v) is 4.11.